The van der Waals surface area contributed by atoms with Gasteiger partial charge in [0.05, 0.1) is 22.5 Å². The Morgan fingerprint density at radius 3 is 2.50 bits per heavy atom. The summed E-state index contributed by atoms with van der Waals surface area (Å²) in [6.07, 6.45) is 2.54. The fourth-order valence-electron chi connectivity index (χ4n) is 3.02. The predicted octanol–water partition coefficient (Wildman–Crippen LogP) is 4.49. The van der Waals surface area contributed by atoms with Gasteiger partial charge in [-0.3, -0.25) is 4.72 Å². The lowest BCUT2D eigenvalue weighted by molar-refractivity contribution is 0.0693. The number of hydrogen-bond acceptors (Lipinski definition) is 6. The fourth-order valence-corrected chi connectivity index (χ4v) is 4.72. The Morgan fingerprint density at radius 1 is 1.12 bits per heavy atom. The number of nitrogens with one attached hydrogen (secondary N) is 2. The third kappa shape index (κ3) is 7.11. The second kappa shape index (κ2) is 12.1. The number of nitrogens with zero attached hydrogens (tertiary/aromatic N) is 1. The minimum Gasteiger partial charge on any atom is -0.491 e. The van der Waals surface area contributed by atoms with E-state index in [0.717, 1.165) is 19.4 Å². The zero-order chi connectivity index (χ0) is 23.7. The van der Waals surface area contributed by atoms with Crippen molar-refractivity contribution < 1.29 is 23.1 Å². The number of aromatic carboxylic acids is 1. The number of carboxylic acids is 1. The van der Waals surface area contributed by atoms with Crippen LogP contribution in [0.4, 0.5) is 11.4 Å². The van der Waals surface area contributed by atoms with Crippen LogP contribution in [0.1, 0.15) is 36.5 Å². The number of halogens is 1. The van der Waals surface area contributed by atoms with Gasteiger partial charge in [0, 0.05) is 6.54 Å². The highest BCUT2D eigenvalue weighted by molar-refractivity contribution is 9.10. The van der Waals surface area contributed by atoms with Gasteiger partial charge in [-0.1, -0.05) is 19.1 Å². The number of carboxylic acid groups (broad SMARTS) is 1. The number of unbranched alkanes of at least 4 members (excludes halogenated alkanes) is 1. The largest absolute Gasteiger partial charge is 0.491 e. The van der Waals surface area contributed by atoms with Crippen molar-refractivity contribution in [3.63, 3.8) is 0 Å². The van der Waals surface area contributed by atoms with E-state index in [1.54, 1.807) is 24.3 Å². The molecule has 0 radical (unpaired) electrons. The Morgan fingerprint density at radius 2 is 1.84 bits per heavy atom. The summed E-state index contributed by atoms with van der Waals surface area (Å²) >= 11 is 3.29. The van der Waals surface area contributed by atoms with Gasteiger partial charge in [0.2, 0.25) is 0 Å². The molecule has 0 amide bonds. The van der Waals surface area contributed by atoms with E-state index < -0.39 is 16.0 Å². The maximum Gasteiger partial charge on any atom is 0.341 e. The molecule has 176 valence electrons. The van der Waals surface area contributed by atoms with E-state index in [0.29, 0.717) is 29.7 Å². The van der Waals surface area contributed by atoms with Crippen LogP contribution in [0.5, 0.6) is 5.75 Å². The van der Waals surface area contributed by atoms with Gasteiger partial charge in [-0.2, -0.15) is 0 Å². The summed E-state index contributed by atoms with van der Waals surface area (Å²) in [5.74, 6) is -1.20. The van der Waals surface area contributed by atoms with E-state index in [9.17, 15) is 18.3 Å². The molecule has 3 N–H and O–H groups in total. The highest BCUT2D eigenvalue weighted by atomic mass is 79.9. The zero-order valence-corrected chi connectivity index (χ0v) is 20.9. The van der Waals surface area contributed by atoms with Crippen LogP contribution < -0.4 is 14.8 Å². The van der Waals surface area contributed by atoms with Crippen LogP contribution >= 0.6 is 15.9 Å². The molecule has 0 aliphatic rings. The minimum atomic E-state index is -4.06. The van der Waals surface area contributed by atoms with Crippen molar-refractivity contribution in [2.24, 2.45) is 0 Å². The molecule has 0 heterocycles. The summed E-state index contributed by atoms with van der Waals surface area (Å²) in [5, 5.41) is 12.9. The van der Waals surface area contributed by atoms with Gasteiger partial charge < -0.3 is 20.1 Å². The molecule has 0 saturated heterocycles. The van der Waals surface area contributed by atoms with Crippen molar-refractivity contribution in [3.8, 4) is 5.75 Å². The summed E-state index contributed by atoms with van der Waals surface area (Å²) in [7, 11) is -0.0469. The molecule has 10 heteroatoms. The predicted molar refractivity (Wildman–Crippen MR) is 130 cm³/mol. The number of anilines is 2. The van der Waals surface area contributed by atoms with E-state index in [-0.39, 0.29) is 21.9 Å². The first-order valence-corrected chi connectivity index (χ1v) is 12.6. The number of benzene rings is 2. The van der Waals surface area contributed by atoms with Crippen molar-refractivity contribution in [2.75, 3.05) is 43.8 Å². The molecular weight excluding hydrogens is 498 g/mol. The number of para-hydroxylation sites is 1. The third-order valence-electron chi connectivity index (χ3n) is 4.54. The van der Waals surface area contributed by atoms with Crippen molar-refractivity contribution in [1.29, 1.82) is 0 Å². The Labute approximate surface area is 198 Å². The first-order valence-electron chi connectivity index (χ1n) is 10.4. The lowest BCUT2D eigenvalue weighted by atomic mass is 10.1. The zero-order valence-electron chi connectivity index (χ0n) is 18.5. The second-order valence-electron chi connectivity index (χ2n) is 7.49. The topological polar surface area (TPSA) is 108 Å². The van der Waals surface area contributed by atoms with Gasteiger partial charge >= 0.3 is 5.97 Å². The monoisotopic (exact) mass is 527 g/mol. The lowest BCUT2D eigenvalue weighted by Gasteiger charge is -2.17. The summed E-state index contributed by atoms with van der Waals surface area (Å²) in [4.78, 5) is 14.1. The first-order chi connectivity index (χ1) is 15.2. The molecule has 0 unspecified atom stereocenters. The first kappa shape index (κ1) is 26.0. The van der Waals surface area contributed by atoms with Crippen LogP contribution in [-0.2, 0) is 10.0 Å². The normalized spacial score (nSPS) is 11.4. The molecule has 0 aliphatic carbocycles. The van der Waals surface area contributed by atoms with Gasteiger partial charge in [0.15, 0.2) is 0 Å². The quantitative estimate of drug-likeness (QED) is 0.329. The molecule has 2 rings (SSSR count). The van der Waals surface area contributed by atoms with Crippen LogP contribution in [0, 0.1) is 0 Å². The van der Waals surface area contributed by atoms with E-state index in [1.807, 2.05) is 21.0 Å². The van der Waals surface area contributed by atoms with Gasteiger partial charge in [0.1, 0.15) is 16.2 Å². The Balaban J connectivity index is 2.30. The molecule has 8 nitrogen and oxygen atoms in total. The van der Waals surface area contributed by atoms with Gasteiger partial charge in [-0.05, 0) is 80.1 Å². The molecule has 0 fully saturated rings. The number of sulfonamides is 1. The average molecular weight is 528 g/mol. The number of hydrogen-bond donors (Lipinski definition) is 3. The van der Waals surface area contributed by atoms with Crippen LogP contribution in [0.2, 0.25) is 0 Å². The fraction of sp³-hybridized carbons (Fsp3) is 0.409. The van der Waals surface area contributed by atoms with Gasteiger partial charge in [0.25, 0.3) is 10.0 Å². The SMILES string of the molecule is CCCOc1c(Br)ccc(NS(=O)(=O)c2ccccc2NCCCCN(C)C)c1C(=O)O. The van der Waals surface area contributed by atoms with E-state index in [4.69, 9.17) is 4.74 Å². The maximum absolute atomic E-state index is 13.2. The molecular formula is C22H30BrN3O5S. The van der Waals surface area contributed by atoms with Gasteiger partial charge in [-0.25, -0.2) is 13.2 Å². The number of rotatable bonds is 13. The lowest BCUT2D eigenvalue weighted by Crippen LogP contribution is -2.19. The molecule has 32 heavy (non-hydrogen) atoms. The van der Waals surface area contributed by atoms with Crippen molar-refractivity contribution in [2.45, 2.75) is 31.1 Å². The van der Waals surface area contributed by atoms with Gasteiger partial charge in [-0.15, -0.1) is 0 Å². The highest BCUT2D eigenvalue weighted by Gasteiger charge is 2.25. The molecule has 0 aromatic heterocycles. The van der Waals surface area contributed by atoms with Crippen LogP contribution in [0.25, 0.3) is 0 Å². The summed E-state index contributed by atoms with van der Waals surface area (Å²) in [6.45, 7) is 3.77. The minimum absolute atomic E-state index is 0.0443. The third-order valence-corrected chi connectivity index (χ3v) is 6.59. The Hall–Kier alpha value is -2.30. The van der Waals surface area contributed by atoms with E-state index in [1.165, 1.54) is 12.1 Å². The summed E-state index contributed by atoms with van der Waals surface area (Å²) in [6, 6.07) is 9.51. The number of ether oxygens (including phenoxy) is 1. The summed E-state index contributed by atoms with van der Waals surface area (Å²) in [5.41, 5.74) is 0.152. The molecule has 0 aliphatic heterocycles. The number of carbonyl (C=O) groups is 1. The van der Waals surface area contributed by atoms with E-state index in [2.05, 4.69) is 30.9 Å². The van der Waals surface area contributed by atoms with E-state index >= 15 is 0 Å². The molecule has 0 bridgehead atoms. The smallest absolute Gasteiger partial charge is 0.341 e. The summed E-state index contributed by atoms with van der Waals surface area (Å²) < 4.78 is 34.8. The van der Waals surface area contributed by atoms with Crippen molar-refractivity contribution in [3.05, 3.63) is 46.4 Å². The molecule has 0 atom stereocenters. The molecule has 0 spiro atoms. The molecule has 0 saturated carbocycles. The maximum atomic E-state index is 13.2. The van der Waals surface area contributed by atoms with Crippen LogP contribution in [0.15, 0.2) is 45.8 Å². The molecule has 2 aromatic rings. The second-order valence-corrected chi connectivity index (χ2v) is 10.00. The Bertz CT molecular complexity index is 1030. The van der Waals surface area contributed by atoms with Crippen LogP contribution in [-0.4, -0.2) is 58.2 Å². The molecule has 2 aromatic carbocycles. The van der Waals surface area contributed by atoms with Crippen molar-refractivity contribution in [1.82, 2.24) is 4.90 Å². The Kier molecular flexibility index (Phi) is 9.80. The van der Waals surface area contributed by atoms with Crippen LogP contribution in [0.3, 0.4) is 0 Å². The standard InChI is InChI=1S/C22H30BrN3O5S/c1-4-15-31-21-16(23)11-12-18(20(21)22(27)28)25-32(29,30)19-10-6-5-9-17(19)24-13-7-8-14-26(2)3/h5-6,9-12,24-25H,4,7-8,13-15H2,1-3H3,(H,27,28). The van der Waals surface area contributed by atoms with Crippen molar-refractivity contribution >= 4 is 43.3 Å². The average Bonchev–Trinajstić information content (AvgIpc) is 2.73. The highest BCUT2D eigenvalue weighted by Crippen LogP contribution is 2.36.